The van der Waals surface area contributed by atoms with Crippen LogP contribution in [0.3, 0.4) is 0 Å². The van der Waals surface area contributed by atoms with Crippen LogP contribution in [0.15, 0.2) is 17.6 Å². The van der Waals surface area contributed by atoms with Crippen LogP contribution < -0.4 is 5.32 Å². The summed E-state index contributed by atoms with van der Waals surface area (Å²) in [7, 11) is -1.84. The Morgan fingerprint density at radius 2 is 1.89 bits per heavy atom. The molecule has 0 bridgehead atoms. The van der Waals surface area contributed by atoms with Gasteiger partial charge in [0.2, 0.25) is 0 Å². The van der Waals surface area contributed by atoms with Crippen molar-refractivity contribution in [1.82, 2.24) is 24.1 Å². The highest BCUT2D eigenvalue weighted by molar-refractivity contribution is 7.89. The van der Waals surface area contributed by atoms with E-state index in [1.165, 1.54) is 16.8 Å². The van der Waals surface area contributed by atoms with Gasteiger partial charge in [-0.25, -0.2) is 18.2 Å². The van der Waals surface area contributed by atoms with E-state index in [2.05, 4.69) is 10.3 Å². The standard InChI is InChI=1S/C18H31N5O4S/c1-3-8-19-18(24)23(16-6-11-27-12-7-16)15-4-9-22(10-5-15)28(25,26)17-13-21(2)14-20-17/h13-16H,3-12H2,1-2H3,(H,19,24). The maximum atomic E-state index is 12.8. The van der Waals surface area contributed by atoms with Crippen LogP contribution in [0, 0.1) is 0 Å². The Morgan fingerprint density at radius 1 is 1.25 bits per heavy atom. The van der Waals surface area contributed by atoms with Crippen LogP contribution in [0.25, 0.3) is 0 Å². The smallest absolute Gasteiger partial charge is 0.317 e. The molecular weight excluding hydrogens is 382 g/mol. The number of aromatic nitrogens is 2. The third kappa shape index (κ3) is 4.66. The number of imidazole rings is 1. The highest BCUT2D eigenvalue weighted by atomic mass is 32.2. The summed E-state index contributed by atoms with van der Waals surface area (Å²) in [5.41, 5.74) is 0. The Labute approximate surface area is 167 Å². The van der Waals surface area contributed by atoms with Crippen LogP contribution in [0.5, 0.6) is 0 Å². The maximum absolute atomic E-state index is 12.8. The molecule has 1 aromatic rings. The van der Waals surface area contributed by atoms with E-state index in [-0.39, 0.29) is 23.1 Å². The molecule has 1 N–H and O–H groups in total. The van der Waals surface area contributed by atoms with Gasteiger partial charge in [0.15, 0.2) is 5.03 Å². The summed E-state index contributed by atoms with van der Waals surface area (Å²) < 4.78 is 34.2. The number of nitrogens with one attached hydrogen (secondary N) is 1. The zero-order valence-corrected chi connectivity index (χ0v) is 17.5. The lowest BCUT2D eigenvalue weighted by Gasteiger charge is -2.43. The van der Waals surface area contributed by atoms with E-state index in [1.54, 1.807) is 11.6 Å². The summed E-state index contributed by atoms with van der Waals surface area (Å²) in [6, 6.07) is 0.143. The Kier molecular flexibility index (Phi) is 6.95. The summed E-state index contributed by atoms with van der Waals surface area (Å²) in [5.74, 6) is 0. The number of piperidine rings is 1. The highest BCUT2D eigenvalue weighted by Crippen LogP contribution is 2.26. The van der Waals surface area contributed by atoms with Gasteiger partial charge in [0, 0.05) is 58.2 Å². The molecule has 0 aliphatic carbocycles. The van der Waals surface area contributed by atoms with Crippen molar-refractivity contribution in [3.8, 4) is 0 Å². The number of ether oxygens (including phenoxy) is 1. The van der Waals surface area contributed by atoms with Crippen molar-refractivity contribution in [2.45, 2.75) is 56.1 Å². The van der Waals surface area contributed by atoms with Gasteiger partial charge in [-0.2, -0.15) is 4.31 Å². The van der Waals surface area contributed by atoms with Gasteiger partial charge in [-0.05, 0) is 32.1 Å². The van der Waals surface area contributed by atoms with Gasteiger partial charge in [-0.1, -0.05) is 6.92 Å². The van der Waals surface area contributed by atoms with Gasteiger partial charge in [0.1, 0.15) is 0 Å². The lowest BCUT2D eigenvalue weighted by Crippen LogP contribution is -2.56. The van der Waals surface area contributed by atoms with Crippen molar-refractivity contribution in [2.24, 2.45) is 7.05 Å². The van der Waals surface area contributed by atoms with E-state index in [4.69, 9.17) is 4.74 Å². The van der Waals surface area contributed by atoms with Crippen LogP contribution >= 0.6 is 0 Å². The minimum absolute atomic E-state index is 0.0372. The second kappa shape index (κ2) is 9.23. The summed E-state index contributed by atoms with van der Waals surface area (Å²) in [6.07, 6.45) is 6.80. The number of aryl methyl sites for hydroxylation is 1. The number of hydrogen-bond donors (Lipinski definition) is 1. The van der Waals surface area contributed by atoms with E-state index in [0.29, 0.717) is 45.7 Å². The van der Waals surface area contributed by atoms with Crippen molar-refractivity contribution in [3.63, 3.8) is 0 Å². The molecule has 3 heterocycles. The quantitative estimate of drug-likeness (QED) is 0.755. The fourth-order valence-electron chi connectivity index (χ4n) is 3.93. The molecule has 0 spiro atoms. The summed E-state index contributed by atoms with van der Waals surface area (Å²) in [6.45, 7) is 4.78. The van der Waals surface area contributed by atoms with Gasteiger partial charge in [-0.3, -0.25) is 0 Å². The predicted molar refractivity (Wildman–Crippen MR) is 104 cm³/mol. The molecule has 2 saturated heterocycles. The van der Waals surface area contributed by atoms with Gasteiger partial charge < -0.3 is 19.5 Å². The molecule has 0 unspecified atom stereocenters. The van der Waals surface area contributed by atoms with E-state index in [9.17, 15) is 13.2 Å². The molecule has 2 amide bonds. The molecule has 2 aliphatic rings. The van der Waals surface area contributed by atoms with Gasteiger partial charge in [0.05, 0.1) is 6.33 Å². The summed E-state index contributed by atoms with van der Waals surface area (Å²) >= 11 is 0. The third-order valence-electron chi connectivity index (χ3n) is 5.45. The number of hydrogen-bond acceptors (Lipinski definition) is 5. The summed E-state index contributed by atoms with van der Waals surface area (Å²) in [5, 5.41) is 3.08. The average Bonchev–Trinajstić information content (AvgIpc) is 3.15. The number of carbonyl (C=O) groups is 1. The lowest BCUT2D eigenvalue weighted by atomic mass is 9.99. The van der Waals surface area contributed by atoms with Crippen molar-refractivity contribution in [2.75, 3.05) is 32.8 Å². The Hall–Kier alpha value is -1.65. The van der Waals surface area contributed by atoms with Gasteiger partial charge in [-0.15, -0.1) is 0 Å². The summed E-state index contributed by atoms with van der Waals surface area (Å²) in [4.78, 5) is 18.8. The number of amides is 2. The van der Waals surface area contributed by atoms with E-state index in [0.717, 1.165) is 19.3 Å². The molecular formula is C18H31N5O4S. The number of urea groups is 1. The monoisotopic (exact) mass is 413 g/mol. The predicted octanol–water partition coefficient (Wildman–Crippen LogP) is 1.17. The first-order valence-electron chi connectivity index (χ1n) is 10.1. The first-order valence-corrected chi connectivity index (χ1v) is 11.5. The van der Waals surface area contributed by atoms with Crippen molar-refractivity contribution < 1.29 is 17.9 Å². The van der Waals surface area contributed by atoms with Gasteiger partial charge >= 0.3 is 6.03 Å². The lowest BCUT2D eigenvalue weighted by molar-refractivity contribution is 0.0255. The normalized spacial score (nSPS) is 20.2. The largest absolute Gasteiger partial charge is 0.381 e. The number of nitrogens with zero attached hydrogens (tertiary/aromatic N) is 4. The van der Waals surface area contributed by atoms with Crippen LogP contribution in [0.4, 0.5) is 4.79 Å². The first kappa shape index (κ1) is 21.1. The molecule has 0 aromatic carbocycles. The SMILES string of the molecule is CCCNC(=O)N(C1CCOCC1)C1CCN(S(=O)(=O)c2cn(C)cn2)CC1. The molecule has 28 heavy (non-hydrogen) atoms. The molecule has 0 radical (unpaired) electrons. The van der Waals surface area contributed by atoms with Crippen LogP contribution in [0.2, 0.25) is 0 Å². The fourth-order valence-corrected chi connectivity index (χ4v) is 5.37. The second-order valence-electron chi connectivity index (χ2n) is 7.50. The van der Waals surface area contributed by atoms with Gasteiger partial charge in [0.25, 0.3) is 10.0 Å². The van der Waals surface area contributed by atoms with Crippen molar-refractivity contribution in [1.29, 1.82) is 0 Å². The number of rotatable bonds is 6. The number of carbonyl (C=O) groups excluding carboxylic acids is 1. The van der Waals surface area contributed by atoms with E-state index < -0.39 is 10.0 Å². The molecule has 158 valence electrons. The molecule has 2 aliphatic heterocycles. The van der Waals surface area contributed by atoms with E-state index in [1.807, 2.05) is 11.8 Å². The minimum Gasteiger partial charge on any atom is -0.381 e. The van der Waals surface area contributed by atoms with Crippen LogP contribution in [-0.4, -0.2) is 78.1 Å². The van der Waals surface area contributed by atoms with Crippen molar-refractivity contribution >= 4 is 16.1 Å². The van der Waals surface area contributed by atoms with Crippen LogP contribution in [-0.2, 0) is 21.8 Å². The zero-order chi connectivity index (χ0) is 20.1. The van der Waals surface area contributed by atoms with Crippen molar-refractivity contribution in [3.05, 3.63) is 12.5 Å². The first-order chi connectivity index (χ1) is 13.4. The molecule has 0 saturated carbocycles. The molecule has 10 heteroatoms. The average molecular weight is 414 g/mol. The highest BCUT2D eigenvalue weighted by Gasteiger charge is 2.37. The molecule has 0 atom stereocenters. The molecule has 1 aromatic heterocycles. The third-order valence-corrected chi connectivity index (χ3v) is 7.23. The second-order valence-corrected chi connectivity index (χ2v) is 9.38. The Bertz CT molecular complexity index is 752. The zero-order valence-electron chi connectivity index (χ0n) is 16.7. The fraction of sp³-hybridized carbons (Fsp3) is 0.778. The Balaban J connectivity index is 1.68. The minimum atomic E-state index is -3.59. The van der Waals surface area contributed by atoms with E-state index >= 15 is 0 Å². The van der Waals surface area contributed by atoms with Crippen LogP contribution in [0.1, 0.15) is 39.0 Å². The molecule has 2 fully saturated rings. The maximum Gasteiger partial charge on any atom is 0.317 e. The molecule has 9 nitrogen and oxygen atoms in total. The number of sulfonamides is 1. The molecule has 3 rings (SSSR count). The topological polar surface area (TPSA) is 96.8 Å². The Morgan fingerprint density at radius 3 is 2.46 bits per heavy atom.